The lowest BCUT2D eigenvalue weighted by atomic mass is 10.1. The number of carbonyl (C=O) groups is 2. The van der Waals surface area contributed by atoms with E-state index in [9.17, 15) is 18.0 Å². The van der Waals surface area contributed by atoms with Gasteiger partial charge in [0.1, 0.15) is 0 Å². The minimum absolute atomic E-state index is 0.0405. The minimum Gasteiger partial charge on any atom is -0.465 e. The third kappa shape index (κ3) is 4.78. The van der Waals surface area contributed by atoms with Crippen molar-refractivity contribution in [3.63, 3.8) is 0 Å². The maximum atomic E-state index is 12.8. The number of methoxy groups -OCH3 is 1. The van der Waals surface area contributed by atoms with Crippen molar-refractivity contribution >= 4 is 39.3 Å². The van der Waals surface area contributed by atoms with E-state index < -0.39 is 22.0 Å². The molecule has 0 fully saturated rings. The molecule has 2 aromatic rings. The molecular weight excluding hydrogens is 394 g/mol. The first-order chi connectivity index (χ1) is 12.7. The van der Waals surface area contributed by atoms with Crippen molar-refractivity contribution < 1.29 is 27.5 Å². The zero-order chi connectivity index (χ0) is 20.2. The largest absolute Gasteiger partial charge is 0.465 e. The smallest absolute Gasteiger partial charge is 0.339 e. The van der Waals surface area contributed by atoms with Gasteiger partial charge in [-0.05, 0) is 49.7 Å². The van der Waals surface area contributed by atoms with Gasteiger partial charge in [0, 0.05) is 5.69 Å². The number of rotatable bonds is 6. The average molecular weight is 412 g/mol. The SMILES string of the molecule is CCOC(=O)c1cc(NS(=O)(=O)c2cc(C(=O)OC)ccc2C)ccc1Cl. The average Bonchev–Trinajstić information content (AvgIpc) is 2.62. The molecule has 0 saturated carbocycles. The van der Waals surface area contributed by atoms with E-state index in [1.54, 1.807) is 13.8 Å². The fourth-order valence-corrected chi connectivity index (χ4v) is 3.81. The summed E-state index contributed by atoms with van der Waals surface area (Å²) >= 11 is 5.98. The quantitative estimate of drug-likeness (QED) is 0.731. The van der Waals surface area contributed by atoms with E-state index in [1.165, 1.54) is 43.5 Å². The van der Waals surface area contributed by atoms with E-state index in [2.05, 4.69) is 9.46 Å². The van der Waals surface area contributed by atoms with Gasteiger partial charge >= 0.3 is 11.9 Å². The van der Waals surface area contributed by atoms with Crippen LogP contribution in [0.4, 0.5) is 5.69 Å². The number of hydrogen-bond donors (Lipinski definition) is 1. The first-order valence-corrected chi connectivity index (χ1v) is 9.74. The maximum absolute atomic E-state index is 12.8. The van der Waals surface area contributed by atoms with E-state index in [4.69, 9.17) is 16.3 Å². The molecule has 0 aromatic heterocycles. The number of benzene rings is 2. The number of hydrogen-bond acceptors (Lipinski definition) is 6. The summed E-state index contributed by atoms with van der Waals surface area (Å²) < 4.78 is 37.4. The first kappa shape index (κ1) is 20.7. The second kappa shape index (κ2) is 8.41. The fourth-order valence-electron chi connectivity index (χ4n) is 2.30. The van der Waals surface area contributed by atoms with Gasteiger partial charge in [-0.3, -0.25) is 4.72 Å². The minimum atomic E-state index is -4.03. The molecule has 144 valence electrons. The Bertz CT molecular complexity index is 987. The van der Waals surface area contributed by atoms with Gasteiger partial charge in [-0.1, -0.05) is 17.7 Å². The standard InChI is InChI=1S/C18H18ClNO6S/c1-4-26-18(22)14-10-13(7-8-15(14)19)20-27(23,24)16-9-12(17(21)25-3)6-5-11(16)2/h5-10,20H,4H2,1-3H3. The fraction of sp³-hybridized carbons (Fsp3) is 0.222. The Morgan fingerprint density at radius 1 is 1.11 bits per heavy atom. The molecule has 2 aromatic carbocycles. The van der Waals surface area contributed by atoms with Crippen LogP contribution in [0.25, 0.3) is 0 Å². The maximum Gasteiger partial charge on any atom is 0.339 e. The lowest BCUT2D eigenvalue weighted by molar-refractivity contribution is 0.0525. The number of ether oxygens (including phenoxy) is 2. The van der Waals surface area contributed by atoms with Crippen LogP contribution >= 0.6 is 11.6 Å². The summed E-state index contributed by atoms with van der Waals surface area (Å²) in [6, 6.07) is 8.31. The van der Waals surface area contributed by atoms with Crippen LogP contribution in [-0.4, -0.2) is 34.1 Å². The predicted molar refractivity (Wildman–Crippen MR) is 101 cm³/mol. The molecule has 0 spiro atoms. The zero-order valence-electron chi connectivity index (χ0n) is 14.9. The van der Waals surface area contributed by atoms with E-state index >= 15 is 0 Å². The van der Waals surface area contributed by atoms with Gasteiger partial charge in [-0.25, -0.2) is 18.0 Å². The lowest BCUT2D eigenvalue weighted by Gasteiger charge is -2.13. The van der Waals surface area contributed by atoms with Gasteiger partial charge in [0.15, 0.2) is 0 Å². The van der Waals surface area contributed by atoms with Gasteiger partial charge in [-0.15, -0.1) is 0 Å². The molecule has 0 radical (unpaired) electrons. The molecule has 0 unspecified atom stereocenters. The normalized spacial score (nSPS) is 11.0. The highest BCUT2D eigenvalue weighted by Gasteiger charge is 2.21. The number of sulfonamides is 1. The Hall–Kier alpha value is -2.58. The number of esters is 2. The monoisotopic (exact) mass is 411 g/mol. The molecular formula is C18H18ClNO6S. The highest BCUT2D eigenvalue weighted by atomic mass is 35.5. The summed E-state index contributed by atoms with van der Waals surface area (Å²) in [4.78, 5) is 23.5. The first-order valence-electron chi connectivity index (χ1n) is 7.88. The predicted octanol–water partition coefficient (Wildman–Crippen LogP) is 3.41. The Morgan fingerprint density at radius 3 is 2.44 bits per heavy atom. The molecule has 0 saturated heterocycles. The highest BCUT2D eigenvalue weighted by molar-refractivity contribution is 7.92. The molecule has 0 heterocycles. The van der Waals surface area contributed by atoms with E-state index in [1.807, 2.05) is 0 Å². The molecule has 0 atom stereocenters. The van der Waals surface area contributed by atoms with Crippen molar-refractivity contribution in [1.29, 1.82) is 0 Å². The third-order valence-electron chi connectivity index (χ3n) is 3.61. The summed E-state index contributed by atoms with van der Waals surface area (Å²) in [6.45, 7) is 3.40. The van der Waals surface area contributed by atoms with Gasteiger partial charge in [0.05, 0.1) is 34.8 Å². The van der Waals surface area contributed by atoms with Gasteiger partial charge < -0.3 is 9.47 Å². The van der Waals surface area contributed by atoms with Crippen LogP contribution in [0.5, 0.6) is 0 Å². The van der Waals surface area contributed by atoms with Crippen molar-refractivity contribution in [3.05, 3.63) is 58.1 Å². The van der Waals surface area contributed by atoms with Crippen LogP contribution in [0, 0.1) is 6.92 Å². The topological polar surface area (TPSA) is 98.8 Å². The number of aryl methyl sites for hydroxylation is 1. The van der Waals surface area contributed by atoms with E-state index in [0.717, 1.165) is 0 Å². The van der Waals surface area contributed by atoms with Crippen LogP contribution < -0.4 is 4.72 Å². The number of nitrogens with one attached hydrogen (secondary N) is 1. The molecule has 27 heavy (non-hydrogen) atoms. The van der Waals surface area contributed by atoms with Crippen molar-refractivity contribution in [3.8, 4) is 0 Å². The van der Waals surface area contributed by atoms with Crippen molar-refractivity contribution in [2.45, 2.75) is 18.7 Å². The second-order valence-electron chi connectivity index (χ2n) is 5.49. The molecule has 1 N–H and O–H groups in total. The van der Waals surface area contributed by atoms with Crippen molar-refractivity contribution in [1.82, 2.24) is 0 Å². The molecule has 0 amide bonds. The summed E-state index contributed by atoms with van der Waals surface area (Å²) in [7, 11) is -2.82. The van der Waals surface area contributed by atoms with Gasteiger partial charge in [-0.2, -0.15) is 0 Å². The van der Waals surface area contributed by atoms with Crippen LogP contribution in [-0.2, 0) is 19.5 Å². The summed E-state index contributed by atoms with van der Waals surface area (Å²) in [5.41, 5.74) is 0.714. The molecule has 0 aliphatic carbocycles. The summed E-state index contributed by atoms with van der Waals surface area (Å²) in [5.74, 6) is -1.31. The van der Waals surface area contributed by atoms with Crippen LogP contribution in [0.15, 0.2) is 41.3 Å². The highest BCUT2D eigenvalue weighted by Crippen LogP contribution is 2.25. The van der Waals surface area contributed by atoms with Crippen LogP contribution in [0.2, 0.25) is 5.02 Å². The van der Waals surface area contributed by atoms with Crippen molar-refractivity contribution in [2.24, 2.45) is 0 Å². The Morgan fingerprint density at radius 2 is 1.81 bits per heavy atom. The Kier molecular flexibility index (Phi) is 6.45. The third-order valence-corrected chi connectivity index (χ3v) is 5.47. The summed E-state index contributed by atoms with van der Waals surface area (Å²) in [6.07, 6.45) is 0. The summed E-state index contributed by atoms with van der Waals surface area (Å²) in [5, 5.41) is 0.139. The van der Waals surface area contributed by atoms with E-state index in [0.29, 0.717) is 5.56 Å². The molecule has 2 rings (SSSR count). The Balaban J connectivity index is 2.41. The zero-order valence-corrected chi connectivity index (χ0v) is 16.5. The van der Waals surface area contributed by atoms with Crippen LogP contribution in [0.1, 0.15) is 33.2 Å². The molecule has 0 aliphatic rings. The Labute approximate surface area is 162 Å². The second-order valence-corrected chi connectivity index (χ2v) is 7.55. The number of anilines is 1. The number of halogens is 1. The van der Waals surface area contributed by atoms with Crippen molar-refractivity contribution in [2.75, 3.05) is 18.4 Å². The van der Waals surface area contributed by atoms with Gasteiger partial charge in [0.2, 0.25) is 0 Å². The number of carbonyl (C=O) groups excluding carboxylic acids is 2. The lowest BCUT2D eigenvalue weighted by Crippen LogP contribution is -2.16. The van der Waals surface area contributed by atoms with Gasteiger partial charge in [0.25, 0.3) is 10.0 Å². The van der Waals surface area contributed by atoms with E-state index in [-0.39, 0.29) is 33.3 Å². The molecule has 9 heteroatoms. The molecule has 0 bridgehead atoms. The van der Waals surface area contributed by atoms with Crippen LogP contribution in [0.3, 0.4) is 0 Å². The molecule has 0 aliphatic heterocycles. The molecule has 7 nitrogen and oxygen atoms in total.